The van der Waals surface area contributed by atoms with E-state index in [4.69, 9.17) is 4.74 Å². The van der Waals surface area contributed by atoms with E-state index in [0.717, 1.165) is 0 Å². The number of nitrogens with one attached hydrogen (secondary N) is 1. The van der Waals surface area contributed by atoms with Gasteiger partial charge in [-0.2, -0.15) is 0 Å². The number of halogens is 1. The predicted molar refractivity (Wildman–Crippen MR) is 79.7 cm³/mol. The van der Waals surface area contributed by atoms with Gasteiger partial charge in [0.15, 0.2) is 11.6 Å². The number of para-hydroxylation sites is 1. The normalized spacial score (nSPS) is 17.4. The molecule has 1 aromatic carbocycles. The highest BCUT2D eigenvalue weighted by Crippen LogP contribution is 2.22. The molecule has 0 unspecified atom stereocenters. The molecule has 1 aliphatic heterocycles. The summed E-state index contributed by atoms with van der Waals surface area (Å²) in [6.45, 7) is 7.98. The second-order valence-corrected chi connectivity index (χ2v) is 5.94. The fraction of sp³-hybridized carbons (Fsp3) is 0.562. The van der Waals surface area contributed by atoms with Crippen LogP contribution < -0.4 is 10.1 Å². The first-order valence-corrected chi connectivity index (χ1v) is 7.40. The van der Waals surface area contributed by atoms with E-state index in [9.17, 15) is 9.18 Å². The molecular weight excluding hydrogens is 271 g/mol. The number of nitrogens with zero attached hydrogens (tertiary/aromatic N) is 1. The van der Waals surface area contributed by atoms with E-state index < -0.39 is 0 Å². The van der Waals surface area contributed by atoms with Crippen LogP contribution in [0.3, 0.4) is 0 Å². The van der Waals surface area contributed by atoms with Gasteiger partial charge in [0.25, 0.3) is 0 Å². The first-order valence-electron chi connectivity index (χ1n) is 7.40. The predicted octanol–water partition coefficient (Wildman–Crippen LogP) is 2.05. The maximum Gasteiger partial charge on any atom is 0.237 e. The van der Waals surface area contributed by atoms with Crippen LogP contribution in [0.15, 0.2) is 24.3 Å². The number of rotatable bonds is 6. The van der Waals surface area contributed by atoms with E-state index in [0.29, 0.717) is 25.6 Å². The van der Waals surface area contributed by atoms with Gasteiger partial charge in [-0.15, -0.1) is 0 Å². The quantitative estimate of drug-likeness (QED) is 0.873. The Bertz CT molecular complexity index is 487. The highest BCUT2D eigenvalue weighted by Gasteiger charge is 2.35. The summed E-state index contributed by atoms with van der Waals surface area (Å²) in [5, 5.41) is 2.92. The average molecular weight is 294 g/mol. The summed E-state index contributed by atoms with van der Waals surface area (Å²) < 4.78 is 19.1. The Morgan fingerprint density at radius 2 is 2.05 bits per heavy atom. The third kappa shape index (κ3) is 4.17. The lowest BCUT2D eigenvalue weighted by molar-refractivity contribution is -0.129. The third-order valence-corrected chi connectivity index (χ3v) is 3.62. The molecule has 1 heterocycles. The Labute approximate surface area is 125 Å². The number of ether oxygens (including phenoxy) is 1. The van der Waals surface area contributed by atoms with Crippen molar-refractivity contribution in [1.82, 2.24) is 10.2 Å². The summed E-state index contributed by atoms with van der Waals surface area (Å²) in [4.78, 5) is 14.0. The Kier molecular flexibility index (Phi) is 5.17. The van der Waals surface area contributed by atoms with E-state index in [1.807, 2.05) is 11.8 Å². The lowest BCUT2D eigenvalue weighted by Gasteiger charge is -2.42. The zero-order valence-electron chi connectivity index (χ0n) is 12.8. The fourth-order valence-electron chi connectivity index (χ4n) is 2.20. The molecule has 4 nitrogen and oxygen atoms in total. The molecule has 2 rings (SSSR count). The molecule has 0 aromatic heterocycles. The Morgan fingerprint density at radius 1 is 1.38 bits per heavy atom. The van der Waals surface area contributed by atoms with Crippen LogP contribution in [0.4, 0.5) is 4.39 Å². The zero-order valence-corrected chi connectivity index (χ0v) is 12.8. The summed E-state index contributed by atoms with van der Waals surface area (Å²) in [5.41, 5.74) is 0. The Hall–Kier alpha value is -1.62. The molecule has 0 bridgehead atoms. The minimum atomic E-state index is -0.348. The van der Waals surface area contributed by atoms with Crippen molar-refractivity contribution >= 4 is 5.91 Å². The van der Waals surface area contributed by atoms with E-state index in [-0.39, 0.29) is 29.6 Å². The van der Waals surface area contributed by atoms with Gasteiger partial charge in [0, 0.05) is 19.6 Å². The van der Waals surface area contributed by atoms with Crippen LogP contribution in [0.2, 0.25) is 0 Å². The van der Waals surface area contributed by atoms with Crippen molar-refractivity contribution in [2.45, 2.75) is 32.9 Å². The standard InChI is InChI=1S/C16H23FN2O2/c1-11(2)8-18-16(20)12(3)19-9-13(10-19)21-15-7-5-4-6-14(15)17/h4-7,11-13H,8-10H2,1-3H3,(H,18,20)/t12-/m0/s1. The first kappa shape index (κ1) is 15.8. The summed E-state index contributed by atoms with van der Waals surface area (Å²) in [7, 11) is 0. The minimum absolute atomic E-state index is 0.0352. The van der Waals surface area contributed by atoms with Crippen molar-refractivity contribution in [3.63, 3.8) is 0 Å². The van der Waals surface area contributed by atoms with Gasteiger partial charge in [-0.05, 0) is 25.0 Å². The Morgan fingerprint density at radius 3 is 2.67 bits per heavy atom. The van der Waals surface area contributed by atoms with E-state index >= 15 is 0 Å². The van der Waals surface area contributed by atoms with Crippen molar-refractivity contribution in [1.29, 1.82) is 0 Å². The number of amides is 1. The summed E-state index contributed by atoms with van der Waals surface area (Å²) in [5.74, 6) is 0.403. The second kappa shape index (κ2) is 6.89. The smallest absolute Gasteiger partial charge is 0.237 e. The van der Waals surface area contributed by atoms with Gasteiger partial charge < -0.3 is 10.1 Å². The molecule has 5 heteroatoms. The van der Waals surface area contributed by atoms with Gasteiger partial charge in [-0.3, -0.25) is 9.69 Å². The van der Waals surface area contributed by atoms with Crippen LogP contribution >= 0.6 is 0 Å². The topological polar surface area (TPSA) is 41.6 Å². The van der Waals surface area contributed by atoms with E-state index in [1.165, 1.54) is 6.07 Å². The molecular formula is C16H23FN2O2. The fourth-order valence-corrected chi connectivity index (χ4v) is 2.20. The molecule has 1 saturated heterocycles. The highest BCUT2D eigenvalue weighted by atomic mass is 19.1. The third-order valence-electron chi connectivity index (χ3n) is 3.62. The molecule has 0 aliphatic carbocycles. The largest absolute Gasteiger partial charge is 0.485 e. The number of carbonyl (C=O) groups excluding carboxylic acids is 1. The number of benzene rings is 1. The number of hydrogen-bond acceptors (Lipinski definition) is 3. The molecule has 1 aromatic rings. The maximum atomic E-state index is 13.5. The van der Waals surface area contributed by atoms with Crippen LogP contribution in [0.1, 0.15) is 20.8 Å². The van der Waals surface area contributed by atoms with E-state index in [1.54, 1.807) is 18.2 Å². The van der Waals surface area contributed by atoms with Gasteiger partial charge in [0.05, 0.1) is 6.04 Å². The van der Waals surface area contributed by atoms with Gasteiger partial charge in [0.1, 0.15) is 6.10 Å². The van der Waals surface area contributed by atoms with Crippen molar-refractivity contribution in [2.75, 3.05) is 19.6 Å². The number of carbonyl (C=O) groups is 1. The number of likely N-dealkylation sites (tertiary alicyclic amines) is 1. The molecule has 1 amide bonds. The van der Waals surface area contributed by atoms with Crippen LogP contribution in [0, 0.1) is 11.7 Å². The zero-order chi connectivity index (χ0) is 15.4. The minimum Gasteiger partial charge on any atom is -0.485 e. The summed E-state index contributed by atoms with van der Waals surface area (Å²) in [6, 6.07) is 6.21. The van der Waals surface area contributed by atoms with Gasteiger partial charge >= 0.3 is 0 Å². The average Bonchev–Trinajstić information content (AvgIpc) is 2.40. The summed E-state index contributed by atoms with van der Waals surface area (Å²) >= 11 is 0. The highest BCUT2D eigenvalue weighted by molar-refractivity contribution is 5.81. The van der Waals surface area contributed by atoms with Crippen molar-refractivity contribution in [2.24, 2.45) is 5.92 Å². The second-order valence-electron chi connectivity index (χ2n) is 5.94. The summed E-state index contributed by atoms with van der Waals surface area (Å²) in [6.07, 6.45) is -0.0535. The maximum absolute atomic E-state index is 13.5. The van der Waals surface area contributed by atoms with Crippen molar-refractivity contribution in [3.05, 3.63) is 30.1 Å². The Balaban J connectivity index is 1.76. The van der Waals surface area contributed by atoms with Gasteiger partial charge in [-0.25, -0.2) is 4.39 Å². The van der Waals surface area contributed by atoms with Crippen LogP contribution in [-0.4, -0.2) is 42.6 Å². The molecule has 1 fully saturated rings. The molecule has 1 aliphatic rings. The molecule has 0 radical (unpaired) electrons. The monoisotopic (exact) mass is 294 g/mol. The van der Waals surface area contributed by atoms with Crippen molar-refractivity contribution < 1.29 is 13.9 Å². The molecule has 0 spiro atoms. The SMILES string of the molecule is CC(C)CNC(=O)[C@H](C)N1CC(Oc2ccccc2F)C1. The van der Waals surface area contributed by atoms with Crippen molar-refractivity contribution in [3.8, 4) is 5.75 Å². The molecule has 1 N–H and O–H groups in total. The molecule has 21 heavy (non-hydrogen) atoms. The molecule has 1 atom stereocenters. The van der Waals surface area contributed by atoms with Crippen LogP contribution in [0.5, 0.6) is 5.75 Å². The van der Waals surface area contributed by atoms with E-state index in [2.05, 4.69) is 19.2 Å². The van der Waals surface area contributed by atoms with Crippen LogP contribution in [-0.2, 0) is 4.79 Å². The lowest BCUT2D eigenvalue weighted by atomic mass is 10.1. The van der Waals surface area contributed by atoms with Gasteiger partial charge in [0.2, 0.25) is 5.91 Å². The molecule has 116 valence electrons. The van der Waals surface area contributed by atoms with Crippen LogP contribution in [0.25, 0.3) is 0 Å². The lowest BCUT2D eigenvalue weighted by Crippen LogP contribution is -2.60. The first-order chi connectivity index (χ1) is 9.97. The van der Waals surface area contributed by atoms with Gasteiger partial charge in [-0.1, -0.05) is 26.0 Å². The molecule has 0 saturated carbocycles. The number of hydrogen-bond donors (Lipinski definition) is 1.